The Hall–Kier alpha value is -2.58. The number of hydrogen-bond donors (Lipinski definition) is 1. The topological polar surface area (TPSA) is 75.7 Å². The van der Waals surface area contributed by atoms with Crippen LogP contribution in [0.2, 0.25) is 0 Å². The van der Waals surface area contributed by atoms with Crippen molar-refractivity contribution in [1.29, 1.82) is 0 Å². The lowest BCUT2D eigenvalue weighted by molar-refractivity contribution is -0.160. The van der Waals surface area contributed by atoms with Crippen LogP contribution in [0.25, 0.3) is 0 Å². The minimum Gasteiger partial charge on any atom is -0.455 e. The van der Waals surface area contributed by atoms with E-state index in [0.29, 0.717) is 17.7 Å². The Morgan fingerprint density at radius 1 is 1.24 bits per heavy atom. The van der Waals surface area contributed by atoms with Gasteiger partial charge in [-0.25, -0.2) is 0 Å². The predicted molar refractivity (Wildman–Crippen MR) is 80.7 cm³/mol. The Morgan fingerprint density at radius 2 is 1.92 bits per heavy atom. The van der Waals surface area contributed by atoms with E-state index < -0.39 is 43.0 Å². The molecule has 1 atom stereocenters. The average Bonchev–Trinajstić information content (AvgIpc) is 3.37. The third-order valence-corrected chi connectivity index (χ3v) is 4.02. The maximum atomic E-state index is 13.5. The van der Waals surface area contributed by atoms with Crippen LogP contribution in [0.3, 0.4) is 0 Å². The summed E-state index contributed by atoms with van der Waals surface area (Å²) in [6, 6.07) is 3.37. The number of benzene rings is 1. The molecule has 3 rings (SSSR count). The van der Waals surface area contributed by atoms with Gasteiger partial charge >= 0.3 is 12.1 Å². The van der Waals surface area contributed by atoms with Crippen molar-refractivity contribution in [2.45, 2.75) is 31.5 Å². The maximum Gasteiger partial charge on any atom is 0.409 e. The fourth-order valence-corrected chi connectivity index (χ4v) is 2.64. The van der Waals surface area contributed by atoms with Gasteiger partial charge in [0.1, 0.15) is 6.04 Å². The summed E-state index contributed by atoms with van der Waals surface area (Å²) in [6.07, 6.45) is -4.43. The summed E-state index contributed by atoms with van der Waals surface area (Å²) in [5, 5.41) is 2.36. The van der Waals surface area contributed by atoms with Crippen LogP contribution < -0.4 is 10.2 Å². The number of halogens is 3. The molecular weight excluding hydrogens is 341 g/mol. The molecule has 1 heterocycles. The van der Waals surface area contributed by atoms with Gasteiger partial charge in [0.25, 0.3) is 5.91 Å². The second-order valence-corrected chi connectivity index (χ2v) is 5.97. The highest BCUT2D eigenvalue weighted by Crippen LogP contribution is 2.37. The molecule has 0 saturated heterocycles. The molecule has 0 radical (unpaired) electrons. The van der Waals surface area contributed by atoms with E-state index >= 15 is 0 Å². The highest BCUT2D eigenvalue weighted by Gasteiger charge is 2.49. The van der Waals surface area contributed by atoms with Crippen LogP contribution in [0.15, 0.2) is 24.3 Å². The van der Waals surface area contributed by atoms with Crippen molar-refractivity contribution in [2.24, 2.45) is 5.92 Å². The molecule has 2 amide bonds. The van der Waals surface area contributed by atoms with Crippen molar-refractivity contribution in [3.8, 4) is 0 Å². The summed E-state index contributed by atoms with van der Waals surface area (Å²) in [7, 11) is 0. The van der Waals surface area contributed by atoms with E-state index in [1.165, 1.54) is 24.3 Å². The quantitative estimate of drug-likeness (QED) is 0.843. The van der Waals surface area contributed by atoms with Crippen molar-refractivity contribution in [1.82, 2.24) is 0 Å². The number of carbonyl (C=O) groups excluding carboxylic acids is 3. The van der Waals surface area contributed by atoms with Crippen LogP contribution in [0, 0.1) is 5.92 Å². The lowest BCUT2D eigenvalue weighted by Crippen LogP contribution is -2.51. The van der Waals surface area contributed by atoms with Gasteiger partial charge in [-0.05, 0) is 25.0 Å². The normalized spacial score (nSPS) is 20.4. The number of hydrogen-bond acceptors (Lipinski definition) is 4. The highest BCUT2D eigenvalue weighted by molar-refractivity contribution is 6.05. The van der Waals surface area contributed by atoms with Crippen LogP contribution in [-0.4, -0.2) is 36.6 Å². The highest BCUT2D eigenvalue weighted by atomic mass is 19.4. The molecule has 1 N–H and O–H groups in total. The van der Waals surface area contributed by atoms with Gasteiger partial charge in [0.05, 0.1) is 23.7 Å². The van der Waals surface area contributed by atoms with E-state index in [4.69, 9.17) is 4.74 Å². The standard InChI is InChI=1S/C16H15F3N2O4/c17-16(18,19)12-7-13(22)20-10-3-1-2-4-11(10)21(12)14(23)8-25-15(24)9-5-6-9/h1-4,9,12H,5-8H2,(H,20,22). The second-order valence-electron chi connectivity index (χ2n) is 5.97. The first kappa shape index (κ1) is 17.2. The third kappa shape index (κ3) is 3.75. The number of nitrogens with one attached hydrogen (secondary N) is 1. The molecule has 1 saturated carbocycles. The van der Waals surface area contributed by atoms with Crippen molar-refractivity contribution >= 4 is 29.2 Å². The van der Waals surface area contributed by atoms with Gasteiger partial charge in [-0.1, -0.05) is 12.1 Å². The summed E-state index contributed by atoms with van der Waals surface area (Å²) in [4.78, 5) is 36.3. The Balaban J connectivity index is 1.90. The number of anilines is 2. The molecule has 134 valence electrons. The van der Waals surface area contributed by atoms with Crippen LogP contribution in [0.4, 0.5) is 24.5 Å². The zero-order valence-corrected chi connectivity index (χ0v) is 13.0. The number of rotatable bonds is 3. The third-order valence-electron chi connectivity index (χ3n) is 4.02. The summed E-state index contributed by atoms with van der Waals surface area (Å²) >= 11 is 0. The van der Waals surface area contributed by atoms with E-state index in [-0.39, 0.29) is 17.3 Å². The first-order chi connectivity index (χ1) is 11.8. The summed E-state index contributed by atoms with van der Waals surface area (Å²) < 4.78 is 45.2. The van der Waals surface area contributed by atoms with Crippen LogP contribution >= 0.6 is 0 Å². The van der Waals surface area contributed by atoms with Gasteiger partial charge in [-0.3, -0.25) is 19.3 Å². The minimum atomic E-state index is -4.81. The van der Waals surface area contributed by atoms with Gasteiger partial charge in [0.15, 0.2) is 6.61 Å². The number of ether oxygens (including phenoxy) is 1. The van der Waals surface area contributed by atoms with Crippen molar-refractivity contribution < 1.29 is 32.3 Å². The molecule has 9 heteroatoms. The van der Waals surface area contributed by atoms with Crippen LogP contribution in [-0.2, 0) is 19.1 Å². The molecule has 1 aliphatic carbocycles. The molecule has 0 bridgehead atoms. The van der Waals surface area contributed by atoms with Crippen LogP contribution in [0.1, 0.15) is 19.3 Å². The monoisotopic (exact) mass is 356 g/mol. The van der Waals surface area contributed by atoms with E-state index in [0.717, 1.165) is 0 Å². The first-order valence-corrected chi connectivity index (χ1v) is 7.71. The zero-order chi connectivity index (χ0) is 18.2. The molecule has 1 unspecified atom stereocenters. The number of carbonyl (C=O) groups is 3. The lowest BCUT2D eigenvalue weighted by atomic mass is 10.1. The van der Waals surface area contributed by atoms with Crippen LogP contribution in [0.5, 0.6) is 0 Å². The number of alkyl halides is 3. The van der Waals surface area contributed by atoms with Gasteiger partial charge in [-0.15, -0.1) is 0 Å². The van der Waals surface area contributed by atoms with Crippen molar-refractivity contribution in [2.75, 3.05) is 16.8 Å². The van der Waals surface area contributed by atoms with Gasteiger partial charge in [-0.2, -0.15) is 13.2 Å². The Kier molecular flexibility index (Phi) is 4.40. The number of fused-ring (bicyclic) bond motifs is 1. The van der Waals surface area contributed by atoms with Gasteiger partial charge < -0.3 is 10.1 Å². The summed E-state index contributed by atoms with van der Waals surface area (Å²) in [5.74, 6) is -2.74. The molecule has 1 fully saturated rings. The fraction of sp³-hybridized carbons (Fsp3) is 0.438. The first-order valence-electron chi connectivity index (χ1n) is 7.71. The smallest absolute Gasteiger partial charge is 0.409 e. The minimum absolute atomic E-state index is 0.0804. The molecule has 0 spiro atoms. The average molecular weight is 356 g/mol. The number of para-hydroxylation sites is 2. The van der Waals surface area contributed by atoms with Crippen molar-refractivity contribution in [3.63, 3.8) is 0 Å². The summed E-state index contributed by atoms with van der Waals surface area (Å²) in [5.41, 5.74) is 0.0178. The molecule has 1 aromatic carbocycles. The largest absolute Gasteiger partial charge is 0.455 e. The fourth-order valence-electron chi connectivity index (χ4n) is 2.64. The molecule has 25 heavy (non-hydrogen) atoms. The summed E-state index contributed by atoms with van der Waals surface area (Å²) in [6.45, 7) is -0.801. The Bertz CT molecular complexity index is 716. The zero-order valence-electron chi connectivity index (χ0n) is 13.0. The predicted octanol–water partition coefficient (Wildman–Crippen LogP) is 2.25. The van der Waals surface area contributed by atoms with Gasteiger partial charge in [0.2, 0.25) is 5.91 Å². The lowest BCUT2D eigenvalue weighted by Gasteiger charge is -2.31. The maximum absolute atomic E-state index is 13.5. The molecular formula is C16H15F3N2O4. The van der Waals surface area contributed by atoms with E-state index in [1.807, 2.05) is 0 Å². The number of amides is 2. The number of nitrogens with zero attached hydrogens (tertiary/aromatic N) is 1. The molecule has 2 aliphatic rings. The second kappa shape index (κ2) is 6.38. The van der Waals surface area contributed by atoms with E-state index in [9.17, 15) is 27.6 Å². The molecule has 1 aliphatic heterocycles. The SMILES string of the molecule is O=C1CC(C(F)(F)F)N(C(=O)COC(=O)C2CC2)c2ccccc2N1. The van der Waals surface area contributed by atoms with E-state index in [1.54, 1.807) is 0 Å². The Morgan fingerprint density at radius 3 is 2.56 bits per heavy atom. The molecule has 0 aromatic heterocycles. The number of esters is 1. The van der Waals surface area contributed by atoms with E-state index in [2.05, 4.69) is 5.32 Å². The van der Waals surface area contributed by atoms with Gasteiger partial charge in [0, 0.05) is 0 Å². The molecule has 1 aromatic rings. The Labute approximate surface area is 140 Å². The van der Waals surface area contributed by atoms with Crippen molar-refractivity contribution in [3.05, 3.63) is 24.3 Å². The molecule has 6 nitrogen and oxygen atoms in total.